The molecule has 114 valence electrons. The molecule has 0 spiro atoms. The molecule has 0 unspecified atom stereocenters. The van der Waals surface area contributed by atoms with Gasteiger partial charge in [-0.3, -0.25) is 4.79 Å². The molecule has 0 saturated heterocycles. The molecule has 0 fully saturated rings. The third kappa shape index (κ3) is 3.79. The fourth-order valence-corrected chi connectivity index (χ4v) is 2.50. The maximum Gasteiger partial charge on any atom is 0.512 e. The summed E-state index contributed by atoms with van der Waals surface area (Å²) in [6.07, 6.45) is -0.537. The van der Waals surface area contributed by atoms with Crippen LogP contribution in [0.4, 0.5) is 4.79 Å². The van der Waals surface area contributed by atoms with Gasteiger partial charge < -0.3 is 9.84 Å². The van der Waals surface area contributed by atoms with Gasteiger partial charge in [0.25, 0.3) is 15.9 Å². The topological polar surface area (TPSA) is 123 Å². The van der Waals surface area contributed by atoms with Crippen molar-refractivity contribution in [1.82, 2.24) is 9.71 Å². The van der Waals surface area contributed by atoms with Crippen molar-refractivity contribution in [3.63, 3.8) is 0 Å². The first-order valence-corrected chi connectivity index (χ1v) is 7.36. The third-order valence-electron chi connectivity index (χ3n) is 2.47. The molecule has 0 bridgehead atoms. The van der Waals surface area contributed by atoms with E-state index in [1.165, 1.54) is 30.3 Å². The monoisotopic (exact) mass is 322 g/mol. The number of benzene rings is 1. The Morgan fingerprint density at radius 2 is 1.77 bits per heavy atom. The highest BCUT2D eigenvalue weighted by Crippen LogP contribution is 2.11. The highest BCUT2D eigenvalue weighted by molar-refractivity contribution is 7.90. The van der Waals surface area contributed by atoms with Crippen LogP contribution in [-0.4, -0.2) is 30.6 Å². The lowest BCUT2D eigenvalue weighted by Crippen LogP contribution is -2.30. The largest absolute Gasteiger partial charge is 0.512 e. The van der Waals surface area contributed by atoms with Gasteiger partial charge >= 0.3 is 6.16 Å². The molecular formula is C13H10N2O6S. The van der Waals surface area contributed by atoms with Crippen LogP contribution in [0.15, 0.2) is 53.6 Å². The van der Waals surface area contributed by atoms with Crippen LogP contribution in [0.5, 0.6) is 5.88 Å². The first-order valence-electron chi connectivity index (χ1n) is 5.87. The first kappa shape index (κ1) is 15.4. The summed E-state index contributed by atoms with van der Waals surface area (Å²) in [6.45, 7) is 0. The van der Waals surface area contributed by atoms with Gasteiger partial charge in [0.05, 0.1) is 10.5 Å². The van der Waals surface area contributed by atoms with Crippen molar-refractivity contribution in [3.8, 4) is 5.88 Å². The number of aromatic nitrogens is 1. The Morgan fingerprint density at radius 3 is 2.32 bits per heavy atom. The van der Waals surface area contributed by atoms with Gasteiger partial charge in [-0.15, -0.1) is 0 Å². The Morgan fingerprint density at radius 1 is 1.09 bits per heavy atom. The molecule has 0 aliphatic carbocycles. The normalized spacial score (nSPS) is 10.7. The van der Waals surface area contributed by atoms with Crippen LogP contribution in [0.25, 0.3) is 0 Å². The van der Waals surface area contributed by atoms with Crippen molar-refractivity contribution >= 4 is 22.1 Å². The van der Waals surface area contributed by atoms with Crippen LogP contribution >= 0.6 is 0 Å². The molecule has 2 aromatic rings. The van der Waals surface area contributed by atoms with Crippen LogP contribution in [0, 0.1) is 0 Å². The lowest BCUT2D eigenvalue weighted by atomic mass is 10.3. The van der Waals surface area contributed by atoms with E-state index in [2.05, 4.69) is 9.72 Å². The second-order valence-corrected chi connectivity index (χ2v) is 5.68. The molecule has 1 aromatic heterocycles. The number of amides is 1. The summed E-state index contributed by atoms with van der Waals surface area (Å²) in [5.41, 5.74) is -0.0581. The molecule has 2 N–H and O–H groups in total. The second-order valence-electron chi connectivity index (χ2n) is 4.00. The number of ether oxygens (including phenoxy) is 1. The zero-order valence-corrected chi connectivity index (χ0v) is 11.8. The Balaban J connectivity index is 2.14. The lowest BCUT2D eigenvalue weighted by molar-refractivity contribution is 0.0981. The van der Waals surface area contributed by atoms with Crippen molar-refractivity contribution in [3.05, 3.63) is 54.2 Å². The van der Waals surface area contributed by atoms with E-state index in [0.29, 0.717) is 0 Å². The van der Waals surface area contributed by atoms with Crippen LogP contribution < -0.4 is 9.46 Å². The van der Waals surface area contributed by atoms with Crippen molar-refractivity contribution in [2.45, 2.75) is 4.90 Å². The van der Waals surface area contributed by atoms with Gasteiger partial charge in [-0.1, -0.05) is 18.2 Å². The molecule has 1 heterocycles. The SMILES string of the molecule is O=C(O)Oc1ccc(C(=O)NS(=O)(=O)c2ccccc2)cn1. The molecule has 0 saturated carbocycles. The molecule has 8 nitrogen and oxygen atoms in total. The Bertz CT molecular complexity index is 787. The molecule has 0 aliphatic rings. The summed E-state index contributed by atoms with van der Waals surface area (Å²) in [5, 5.41) is 8.40. The number of carboxylic acid groups (broad SMARTS) is 1. The smallest absolute Gasteiger partial charge is 0.449 e. The number of hydrogen-bond donors (Lipinski definition) is 2. The van der Waals surface area contributed by atoms with Gasteiger partial charge in [0.15, 0.2) is 0 Å². The predicted octanol–water partition coefficient (Wildman–Crippen LogP) is 1.26. The zero-order valence-electron chi connectivity index (χ0n) is 11.0. The molecule has 9 heteroatoms. The Hall–Kier alpha value is -2.94. The fourth-order valence-electron chi connectivity index (χ4n) is 1.50. The number of hydrogen-bond acceptors (Lipinski definition) is 6. The molecule has 0 atom stereocenters. The quantitative estimate of drug-likeness (QED) is 0.812. The summed E-state index contributed by atoms with van der Waals surface area (Å²) in [7, 11) is -3.99. The van der Waals surface area contributed by atoms with Gasteiger partial charge in [0, 0.05) is 12.3 Å². The van der Waals surface area contributed by atoms with E-state index < -0.39 is 22.1 Å². The molecule has 1 amide bonds. The molecule has 2 rings (SSSR count). The molecular weight excluding hydrogens is 312 g/mol. The van der Waals surface area contributed by atoms with E-state index in [-0.39, 0.29) is 16.3 Å². The van der Waals surface area contributed by atoms with E-state index in [0.717, 1.165) is 12.3 Å². The van der Waals surface area contributed by atoms with Crippen molar-refractivity contribution in [2.75, 3.05) is 0 Å². The average Bonchev–Trinajstić information content (AvgIpc) is 2.48. The number of carbonyl (C=O) groups excluding carboxylic acids is 1. The fraction of sp³-hybridized carbons (Fsp3) is 0. The summed E-state index contributed by atoms with van der Waals surface area (Å²) in [4.78, 5) is 25.7. The maximum absolute atomic E-state index is 12.0. The number of nitrogens with zero attached hydrogens (tertiary/aromatic N) is 1. The summed E-state index contributed by atoms with van der Waals surface area (Å²) >= 11 is 0. The van der Waals surface area contributed by atoms with Crippen molar-refractivity contribution in [2.24, 2.45) is 0 Å². The van der Waals surface area contributed by atoms with Crippen molar-refractivity contribution < 1.29 is 27.9 Å². The average molecular weight is 322 g/mol. The van der Waals surface area contributed by atoms with Crippen molar-refractivity contribution in [1.29, 1.82) is 0 Å². The van der Waals surface area contributed by atoms with Gasteiger partial charge in [0.2, 0.25) is 5.88 Å². The highest BCUT2D eigenvalue weighted by atomic mass is 32.2. The standard InChI is InChI=1S/C13H10N2O6S/c16-12(9-6-7-11(14-8-9)21-13(17)18)15-22(19,20)10-4-2-1-3-5-10/h1-8H,(H,15,16)(H,17,18). The zero-order chi connectivity index (χ0) is 16.2. The van der Waals surface area contributed by atoms with Gasteiger partial charge in [-0.25, -0.2) is 22.9 Å². The van der Waals surface area contributed by atoms with Crippen LogP contribution in [0.2, 0.25) is 0 Å². The number of rotatable bonds is 4. The highest BCUT2D eigenvalue weighted by Gasteiger charge is 2.18. The third-order valence-corrected chi connectivity index (χ3v) is 3.82. The van der Waals surface area contributed by atoms with E-state index in [1.54, 1.807) is 6.07 Å². The number of sulfonamides is 1. The molecule has 22 heavy (non-hydrogen) atoms. The Kier molecular flexibility index (Phi) is 4.37. The van der Waals surface area contributed by atoms with Gasteiger partial charge in [0.1, 0.15) is 0 Å². The Labute approximate surface area is 125 Å². The maximum atomic E-state index is 12.0. The summed E-state index contributed by atoms with van der Waals surface area (Å²) in [6, 6.07) is 9.72. The minimum Gasteiger partial charge on any atom is -0.449 e. The number of carbonyl (C=O) groups is 2. The molecule has 1 aromatic carbocycles. The van der Waals surface area contributed by atoms with E-state index in [4.69, 9.17) is 5.11 Å². The van der Waals surface area contributed by atoms with Gasteiger partial charge in [-0.2, -0.15) is 0 Å². The molecule has 0 aliphatic heterocycles. The van der Waals surface area contributed by atoms with Crippen LogP contribution in [-0.2, 0) is 10.0 Å². The van der Waals surface area contributed by atoms with Gasteiger partial charge in [-0.05, 0) is 18.2 Å². The van der Waals surface area contributed by atoms with Crippen LogP contribution in [0.3, 0.4) is 0 Å². The predicted molar refractivity (Wildman–Crippen MR) is 74.0 cm³/mol. The second kappa shape index (κ2) is 6.22. The van der Waals surface area contributed by atoms with E-state index >= 15 is 0 Å². The van der Waals surface area contributed by atoms with Crippen LogP contribution in [0.1, 0.15) is 10.4 Å². The molecule has 0 radical (unpaired) electrons. The minimum absolute atomic E-state index is 0.0536. The van der Waals surface area contributed by atoms with E-state index in [1.807, 2.05) is 4.72 Å². The number of nitrogens with one attached hydrogen (secondary N) is 1. The lowest BCUT2D eigenvalue weighted by Gasteiger charge is -2.06. The number of pyridine rings is 1. The minimum atomic E-state index is -3.99. The summed E-state index contributed by atoms with van der Waals surface area (Å²) < 4.78 is 30.1. The summed E-state index contributed by atoms with van der Waals surface area (Å²) in [5.74, 6) is -1.12. The van der Waals surface area contributed by atoms with E-state index in [9.17, 15) is 18.0 Å². The first-order chi connectivity index (χ1) is 10.4.